The Morgan fingerprint density at radius 1 is 0.879 bits per heavy atom. The number of benzene rings is 3. The van der Waals surface area contributed by atoms with Crippen molar-refractivity contribution in [1.82, 2.24) is 0 Å². The van der Waals surface area contributed by atoms with E-state index in [9.17, 15) is 13.6 Å². The Morgan fingerprint density at radius 2 is 1.33 bits per heavy atom. The molecule has 33 heavy (non-hydrogen) atoms. The van der Waals surface area contributed by atoms with Crippen LogP contribution in [0.15, 0.2) is 84.9 Å². The monoisotopic (exact) mass is 573 g/mol. The molecule has 8 heteroatoms. The van der Waals surface area contributed by atoms with Crippen LogP contribution in [-0.4, -0.2) is 14.0 Å². The summed E-state index contributed by atoms with van der Waals surface area (Å²) in [6.07, 6.45) is 0. The number of halogens is 1. The summed E-state index contributed by atoms with van der Waals surface area (Å²) in [6.45, 7) is 6.54. The van der Waals surface area contributed by atoms with Gasteiger partial charge >= 0.3 is 27.0 Å². The van der Waals surface area contributed by atoms with E-state index in [-0.39, 0.29) is 0 Å². The molecule has 3 atom stereocenters. The molecular formula is C25H28ClN2O3RuS. The van der Waals surface area contributed by atoms with E-state index < -0.39 is 28.4 Å². The molecule has 1 amide bonds. The van der Waals surface area contributed by atoms with E-state index in [4.69, 9.17) is 5.73 Å². The summed E-state index contributed by atoms with van der Waals surface area (Å²) in [5.41, 5.74) is 10.4. The van der Waals surface area contributed by atoms with Crippen molar-refractivity contribution in [3.8, 4) is 0 Å². The maximum absolute atomic E-state index is 11.4. The fourth-order valence-corrected chi connectivity index (χ4v) is 3.18. The van der Waals surface area contributed by atoms with Crippen molar-refractivity contribution < 1.29 is 30.9 Å². The number of nitrogens with two attached hydrogens (primary N) is 1. The molecule has 5 nitrogen and oxygen atoms in total. The zero-order chi connectivity index (χ0) is 24.8. The van der Waals surface area contributed by atoms with Crippen LogP contribution in [-0.2, 0) is 28.4 Å². The second-order valence-corrected chi connectivity index (χ2v) is 8.31. The van der Waals surface area contributed by atoms with E-state index >= 15 is 0 Å². The molecule has 177 valence electrons. The average molecular weight is 573 g/mol. The van der Waals surface area contributed by atoms with Gasteiger partial charge in [0.25, 0.3) is 0 Å². The number of carbonyl (C=O) groups excluding carboxylic acids is 1. The number of hydrogen-bond acceptors (Lipinski definition) is 4. The van der Waals surface area contributed by atoms with Crippen molar-refractivity contribution in [2.75, 3.05) is 0 Å². The van der Waals surface area contributed by atoms with Gasteiger partial charge in [-0.1, -0.05) is 116 Å². The first-order valence-corrected chi connectivity index (χ1v) is 13.5. The molecule has 2 N–H and O–H groups in total. The fraction of sp³-hybridized carbons (Fsp3) is 0.240. The molecule has 0 saturated carbocycles. The summed E-state index contributed by atoms with van der Waals surface area (Å²) >= 11 is -1.07. The van der Waals surface area contributed by atoms with Crippen LogP contribution >= 0.6 is 9.69 Å². The summed E-state index contributed by atoms with van der Waals surface area (Å²) in [5, 5.41) is 2.55. The third kappa shape index (κ3) is 10.3. The van der Waals surface area contributed by atoms with Gasteiger partial charge in [0.15, 0.2) is 0 Å². The van der Waals surface area contributed by atoms with Gasteiger partial charge in [-0.25, -0.2) is 0 Å². The maximum atomic E-state index is 11.4. The van der Waals surface area contributed by atoms with E-state index in [0.29, 0.717) is 11.5 Å². The molecule has 1 unspecified atom stereocenters. The molecule has 0 spiro atoms. The summed E-state index contributed by atoms with van der Waals surface area (Å²) in [4.78, 5) is 11.4. The van der Waals surface area contributed by atoms with E-state index in [1.807, 2.05) is 53.7 Å². The summed E-state index contributed by atoms with van der Waals surface area (Å²) in [5.74, 6) is 0.653. The van der Waals surface area contributed by atoms with Crippen molar-refractivity contribution in [2.24, 2.45) is 5.73 Å². The molecule has 0 aromatic heterocycles. The molecule has 0 fully saturated rings. The molecule has 3 aromatic rings. The SMILES string of the molecule is Cc1ccc(C(C)C)cc1.N[C@H](c1ccccc1)[C@H]([N-]C(=O)S(=O)[O-])c1ccccc1.[Cl][Ru+2]. The zero-order valence-electron chi connectivity index (χ0n) is 18.7. The summed E-state index contributed by atoms with van der Waals surface area (Å²) in [7, 11) is 4.57. The van der Waals surface area contributed by atoms with Crippen LogP contribution in [0.1, 0.15) is 54.1 Å². The second kappa shape index (κ2) is 15.9. The third-order valence-corrected chi connectivity index (χ3v) is 5.19. The molecular weight excluding hydrogens is 545 g/mol. The van der Waals surface area contributed by atoms with Gasteiger partial charge < -0.3 is 20.4 Å². The van der Waals surface area contributed by atoms with Crippen molar-refractivity contribution in [1.29, 1.82) is 0 Å². The van der Waals surface area contributed by atoms with E-state index in [1.165, 1.54) is 11.1 Å². The standard InChI is InChI=1S/C15H16N2O3S.C10H14.ClH.Ru/c16-13(11-7-3-1-4-8-11)14(17-15(18)21(19)20)12-9-5-2-6-10-12;1-8(2)10-6-4-9(3)5-7-10;;/h1-10,13-14H,16H2,(H2,17,18,19,20);4-8H,1-3H3;1H;/q;;;+3/p-3/t13-,14-;;;/m1.../s1. The Hall–Kier alpha value is -1.89. The van der Waals surface area contributed by atoms with Crippen LogP contribution in [0.4, 0.5) is 4.79 Å². The molecule has 3 rings (SSSR count). The van der Waals surface area contributed by atoms with E-state index in [2.05, 4.69) is 60.0 Å². The quantitative estimate of drug-likeness (QED) is 0.275. The van der Waals surface area contributed by atoms with Crippen molar-refractivity contribution >= 4 is 26.0 Å². The minimum atomic E-state index is -2.89. The second-order valence-electron chi connectivity index (χ2n) is 7.49. The average Bonchev–Trinajstić information content (AvgIpc) is 2.85. The predicted octanol–water partition coefficient (Wildman–Crippen LogP) is 6.61. The normalized spacial score (nSPS) is 12.8. The molecule has 0 aliphatic heterocycles. The molecule has 0 bridgehead atoms. The Bertz CT molecular complexity index is 974. The number of hydrogen-bond donors (Lipinski definition) is 1. The van der Waals surface area contributed by atoms with Gasteiger partial charge in [0.1, 0.15) is 5.24 Å². The van der Waals surface area contributed by atoms with Crippen molar-refractivity contribution in [2.45, 2.75) is 38.8 Å². The molecule has 0 aliphatic carbocycles. The molecule has 0 saturated heterocycles. The first-order valence-electron chi connectivity index (χ1n) is 10.2. The van der Waals surface area contributed by atoms with Crippen LogP contribution in [0.3, 0.4) is 0 Å². The molecule has 0 aliphatic rings. The van der Waals surface area contributed by atoms with Crippen LogP contribution in [0, 0.1) is 6.92 Å². The topological polar surface area (TPSA) is 97.3 Å². The van der Waals surface area contributed by atoms with Crippen LogP contribution in [0.5, 0.6) is 0 Å². The Labute approximate surface area is 213 Å². The van der Waals surface area contributed by atoms with Gasteiger partial charge in [-0.15, -0.1) is 0 Å². The van der Waals surface area contributed by atoms with Gasteiger partial charge in [-0.05, 0) is 35.0 Å². The predicted molar refractivity (Wildman–Crippen MR) is 131 cm³/mol. The fourth-order valence-electron chi connectivity index (χ4n) is 2.98. The number of carbonyl (C=O) groups is 1. The van der Waals surface area contributed by atoms with E-state index in [1.54, 1.807) is 24.3 Å². The number of nitrogens with zero attached hydrogens (tertiary/aromatic N) is 1. The van der Waals surface area contributed by atoms with Crippen LogP contribution < -0.4 is 5.73 Å². The Balaban J connectivity index is 0.000000380. The first kappa shape index (κ1) is 29.1. The zero-order valence-corrected chi connectivity index (χ0v) is 22.0. The van der Waals surface area contributed by atoms with Gasteiger partial charge in [0.05, 0.1) is 0 Å². The Kier molecular flexibility index (Phi) is 14.0. The van der Waals surface area contributed by atoms with Crippen LogP contribution in [0.2, 0.25) is 0 Å². The number of aryl methyl sites for hydroxylation is 1. The molecule has 0 heterocycles. The molecule has 0 radical (unpaired) electrons. The van der Waals surface area contributed by atoms with Crippen molar-refractivity contribution in [3.05, 3.63) is 112 Å². The summed E-state index contributed by atoms with van der Waals surface area (Å²) in [6, 6.07) is 25.4. The van der Waals surface area contributed by atoms with Crippen molar-refractivity contribution in [3.63, 3.8) is 0 Å². The number of rotatable bonds is 5. The third-order valence-electron chi connectivity index (χ3n) is 4.80. The van der Waals surface area contributed by atoms with Gasteiger partial charge in [-0.3, -0.25) is 4.21 Å². The van der Waals surface area contributed by atoms with Crippen LogP contribution in [0.25, 0.3) is 5.32 Å². The van der Waals surface area contributed by atoms with Gasteiger partial charge in [-0.2, -0.15) is 0 Å². The summed E-state index contributed by atoms with van der Waals surface area (Å²) < 4.78 is 21.5. The van der Waals surface area contributed by atoms with Gasteiger partial charge in [0.2, 0.25) is 0 Å². The number of amides is 1. The van der Waals surface area contributed by atoms with Gasteiger partial charge in [0, 0.05) is 6.04 Å². The molecule has 3 aromatic carbocycles. The Morgan fingerprint density at radius 3 is 1.76 bits per heavy atom. The minimum absolute atomic E-state index is 0.610. The first-order chi connectivity index (χ1) is 15.8. The van der Waals surface area contributed by atoms with E-state index in [0.717, 1.165) is 5.56 Å².